The average Bonchev–Trinajstić information content (AvgIpc) is 2.38. The van der Waals surface area contributed by atoms with E-state index in [2.05, 4.69) is 31.9 Å². The first-order chi connectivity index (χ1) is 8.43. The molecule has 0 radical (unpaired) electrons. The van der Waals surface area contributed by atoms with E-state index in [0.717, 1.165) is 0 Å². The van der Waals surface area contributed by atoms with Gasteiger partial charge in [-0.3, -0.25) is 4.79 Å². The molecular weight excluding hydrogens is 368 g/mol. The van der Waals surface area contributed by atoms with Crippen molar-refractivity contribution in [3.05, 3.63) is 29.8 Å². The number of methoxy groups -OCH3 is 1. The van der Waals surface area contributed by atoms with Gasteiger partial charge in [0.15, 0.2) is 0 Å². The maximum absolute atomic E-state index is 12.1. The van der Waals surface area contributed by atoms with Crippen molar-refractivity contribution in [3.63, 3.8) is 0 Å². The molecule has 1 aromatic rings. The van der Waals surface area contributed by atoms with E-state index < -0.39 is 15.0 Å². The molecule has 6 heteroatoms. The zero-order valence-electron chi connectivity index (χ0n) is 9.91. The van der Waals surface area contributed by atoms with Crippen molar-refractivity contribution in [2.24, 2.45) is 0 Å². The average molecular weight is 380 g/mol. The van der Waals surface area contributed by atoms with E-state index in [1.165, 1.54) is 7.11 Å². The van der Waals surface area contributed by atoms with E-state index in [1.54, 1.807) is 31.2 Å². The first kappa shape index (κ1) is 15.2. The highest BCUT2D eigenvalue weighted by Gasteiger charge is 2.42. The Labute approximate surface area is 122 Å². The number of esters is 1. The number of hydrogen-bond donors (Lipinski definition) is 0. The number of rotatable bonds is 5. The summed E-state index contributed by atoms with van der Waals surface area (Å²) in [6.45, 7) is 1.87. The topological polar surface area (TPSA) is 52.6 Å². The van der Waals surface area contributed by atoms with Crippen molar-refractivity contribution in [1.29, 1.82) is 0 Å². The summed E-state index contributed by atoms with van der Waals surface area (Å²) in [5, 5.41) is 0. The van der Waals surface area contributed by atoms with Gasteiger partial charge in [-0.1, -0.05) is 31.9 Å². The number of benzene rings is 1. The Morgan fingerprint density at radius 3 is 2.22 bits per heavy atom. The third-order valence-corrected chi connectivity index (χ3v) is 3.54. The van der Waals surface area contributed by atoms with Crippen LogP contribution in [0.4, 0.5) is 0 Å². The van der Waals surface area contributed by atoms with Gasteiger partial charge in [0.05, 0.1) is 13.7 Å². The van der Waals surface area contributed by atoms with E-state index in [4.69, 9.17) is 9.47 Å². The van der Waals surface area contributed by atoms with Crippen LogP contribution >= 0.6 is 31.9 Å². The lowest BCUT2D eigenvalue weighted by atomic mass is 10.1. The van der Waals surface area contributed by atoms with Gasteiger partial charge >= 0.3 is 5.97 Å². The van der Waals surface area contributed by atoms with Gasteiger partial charge in [0, 0.05) is 5.56 Å². The van der Waals surface area contributed by atoms with Crippen LogP contribution in [0.5, 0.6) is 5.75 Å². The maximum atomic E-state index is 12.1. The molecule has 1 aromatic carbocycles. The number of hydrogen-bond acceptors (Lipinski definition) is 4. The molecule has 0 spiro atoms. The highest BCUT2D eigenvalue weighted by molar-refractivity contribution is 9.26. The minimum absolute atomic E-state index is 0.202. The predicted molar refractivity (Wildman–Crippen MR) is 74.5 cm³/mol. The Hall–Kier alpha value is -0.880. The summed E-state index contributed by atoms with van der Waals surface area (Å²) >= 11 is 6.09. The molecule has 0 aliphatic heterocycles. The van der Waals surface area contributed by atoms with Gasteiger partial charge < -0.3 is 9.47 Å². The molecule has 0 N–H and O–H groups in total. The molecule has 0 unspecified atom stereocenters. The first-order valence-electron chi connectivity index (χ1n) is 5.17. The highest BCUT2D eigenvalue weighted by Crippen LogP contribution is 2.32. The van der Waals surface area contributed by atoms with Crippen LogP contribution < -0.4 is 4.74 Å². The molecule has 0 atom stereocenters. The van der Waals surface area contributed by atoms with Gasteiger partial charge in [-0.25, -0.2) is 4.79 Å². The number of ether oxygens (including phenoxy) is 2. The zero-order valence-corrected chi connectivity index (χ0v) is 13.1. The maximum Gasteiger partial charge on any atom is 0.342 e. The van der Waals surface area contributed by atoms with Crippen LogP contribution in [0.3, 0.4) is 0 Å². The lowest BCUT2D eigenvalue weighted by molar-refractivity contribution is -0.141. The molecule has 1 rings (SSSR count). The minimum Gasteiger partial charge on any atom is -0.497 e. The van der Waals surface area contributed by atoms with E-state index >= 15 is 0 Å². The monoisotopic (exact) mass is 378 g/mol. The predicted octanol–water partition coefficient (Wildman–Crippen LogP) is 2.93. The van der Waals surface area contributed by atoms with E-state index in [0.29, 0.717) is 11.3 Å². The van der Waals surface area contributed by atoms with Crippen LogP contribution in [-0.4, -0.2) is 28.7 Å². The van der Waals surface area contributed by atoms with E-state index in [1.807, 2.05) is 0 Å². The molecule has 0 aliphatic rings. The summed E-state index contributed by atoms with van der Waals surface area (Å²) in [6.07, 6.45) is 0. The second kappa shape index (κ2) is 6.33. The fourth-order valence-electron chi connectivity index (χ4n) is 1.24. The highest BCUT2D eigenvalue weighted by atomic mass is 79.9. The number of carbonyl (C=O) groups excluding carboxylic acids is 2. The molecule has 4 nitrogen and oxygen atoms in total. The standard InChI is InChI=1S/C12H12Br2O4/c1-3-18-11(16)12(13,14)10(15)8-4-6-9(17-2)7-5-8/h4-7H,3H2,1-2H3. The summed E-state index contributed by atoms with van der Waals surface area (Å²) in [7, 11) is 1.54. The number of carbonyl (C=O) groups is 2. The second-order valence-corrected chi connectivity index (χ2v) is 6.80. The second-order valence-electron chi connectivity index (χ2n) is 3.35. The third-order valence-electron chi connectivity index (χ3n) is 2.17. The first-order valence-corrected chi connectivity index (χ1v) is 6.76. The summed E-state index contributed by atoms with van der Waals surface area (Å²) in [6, 6.07) is 6.46. The summed E-state index contributed by atoms with van der Waals surface area (Å²) in [4.78, 5) is 23.8. The lowest BCUT2D eigenvalue weighted by Gasteiger charge is -2.17. The molecule has 0 saturated heterocycles. The fraction of sp³-hybridized carbons (Fsp3) is 0.333. The van der Waals surface area contributed by atoms with Crippen LogP contribution in [-0.2, 0) is 9.53 Å². The van der Waals surface area contributed by atoms with Crippen molar-refractivity contribution >= 4 is 43.6 Å². The molecule has 18 heavy (non-hydrogen) atoms. The largest absolute Gasteiger partial charge is 0.497 e. The fourth-order valence-corrected chi connectivity index (χ4v) is 1.92. The van der Waals surface area contributed by atoms with Crippen LogP contribution in [0.15, 0.2) is 24.3 Å². The summed E-state index contributed by atoms with van der Waals surface area (Å²) < 4.78 is 8.26. The van der Waals surface area contributed by atoms with E-state index in [9.17, 15) is 9.59 Å². The van der Waals surface area contributed by atoms with Gasteiger partial charge in [-0.05, 0) is 31.2 Å². The minimum atomic E-state index is -1.55. The van der Waals surface area contributed by atoms with Crippen molar-refractivity contribution < 1.29 is 19.1 Å². The third kappa shape index (κ3) is 3.32. The Bertz CT molecular complexity index is 440. The number of halogens is 2. The van der Waals surface area contributed by atoms with Gasteiger partial charge in [0.2, 0.25) is 9.02 Å². The lowest BCUT2D eigenvalue weighted by Crippen LogP contribution is -2.36. The van der Waals surface area contributed by atoms with Crippen molar-refractivity contribution in [2.75, 3.05) is 13.7 Å². The van der Waals surface area contributed by atoms with E-state index in [-0.39, 0.29) is 6.61 Å². The number of Topliss-reactive ketones (excluding diaryl/α,β-unsaturated/α-hetero) is 1. The molecule has 0 aromatic heterocycles. The van der Waals surface area contributed by atoms with Gasteiger partial charge in [0.25, 0.3) is 0 Å². The Morgan fingerprint density at radius 2 is 1.78 bits per heavy atom. The van der Waals surface area contributed by atoms with Crippen molar-refractivity contribution in [1.82, 2.24) is 0 Å². The molecular formula is C12H12Br2O4. The van der Waals surface area contributed by atoms with Crippen LogP contribution in [0.1, 0.15) is 17.3 Å². The number of alkyl halides is 2. The van der Waals surface area contributed by atoms with Gasteiger partial charge in [0.1, 0.15) is 5.75 Å². The smallest absolute Gasteiger partial charge is 0.342 e. The summed E-state index contributed by atoms with van der Waals surface area (Å²) in [5.74, 6) is -0.466. The Kier molecular flexibility index (Phi) is 5.34. The van der Waals surface area contributed by atoms with Crippen LogP contribution in [0.25, 0.3) is 0 Å². The molecule has 0 amide bonds. The van der Waals surface area contributed by atoms with Crippen molar-refractivity contribution in [3.8, 4) is 5.75 Å². The van der Waals surface area contributed by atoms with Gasteiger partial charge in [-0.2, -0.15) is 0 Å². The molecule has 0 heterocycles. The van der Waals surface area contributed by atoms with Crippen molar-refractivity contribution in [2.45, 2.75) is 10.2 Å². The molecule has 0 aliphatic carbocycles. The number of ketones is 1. The molecule has 0 bridgehead atoms. The summed E-state index contributed by atoms with van der Waals surface area (Å²) in [5.41, 5.74) is 0.373. The zero-order chi connectivity index (χ0) is 13.8. The Morgan fingerprint density at radius 1 is 1.22 bits per heavy atom. The molecule has 0 fully saturated rings. The van der Waals surface area contributed by atoms with Crippen LogP contribution in [0.2, 0.25) is 0 Å². The quantitative estimate of drug-likeness (QED) is 0.341. The Balaban J connectivity index is 2.94. The van der Waals surface area contributed by atoms with Crippen LogP contribution in [0, 0.1) is 0 Å². The SMILES string of the molecule is CCOC(=O)C(Br)(Br)C(=O)c1ccc(OC)cc1. The van der Waals surface area contributed by atoms with Gasteiger partial charge in [-0.15, -0.1) is 0 Å². The normalized spacial score (nSPS) is 10.9. The molecule has 0 saturated carbocycles. The molecule has 98 valence electrons.